The maximum Gasteiger partial charge on any atom is 0.282 e. The lowest BCUT2D eigenvalue weighted by molar-refractivity contribution is 0.625. The molecule has 0 aliphatic heterocycles. The quantitative estimate of drug-likeness (QED) is 0.574. The molecule has 0 spiro atoms. The highest BCUT2D eigenvalue weighted by atomic mass is 35.5. The molecule has 3 rings (SSSR count). The molecule has 0 bridgehead atoms. The van der Waals surface area contributed by atoms with E-state index in [1.165, 1.54) is 24.4 Å². The van der Waals surface area contributed by atoms with Crippen LogP contribution >= 0.6 is 23.8 Å². The minimum atomic E-state index is -0.528. The van der Waals surface area contributed by atoms with Crippen LogP contribution in [0.3, 0.4) is 0 Å². The number of nitrogens with one attached hydrogen (secondary N) is 1. The molecule has 0 aliphatic carbocycles. The van der Waals surface area contributed by atoms with Crippen molar-refractivity contribution in [2.45, 2.75) is 0 Å². The lowest BCUT2D eigenvalue weighted by atomic mass is 10.2. The Morgan fingerprint density at radius 3 is 2.77 bits per heavy atom. The second-order valence-electron chi connectivity index (χ2n) is 4.47. The molecule has 2 aromatic carbocycles. The van der Waals surface area contributed by atoms with Gasteiger partial charge in [-0.15, -0.1) is 0 Å². The van der Waals surface area contributed by atoms with Crippen LogP contribution in [0.2, 0.25) is 5.02 Å². The molecule has 1 heterocycles. The Labute approximate surface area is 134 Å². The van der Waals surface area contributed by atoms with Gasteiger partial charge in [-0.2, -0.15) is 9.78 Å². The third-order valence-electron chi connectivity index (χ3n) is 3.09. The van der Waals surface area contributed by atoms with E-state index >= 15 is 0 Å². The normalized spacial score (nSPS) is 11.4. The van der Waals surface area contributed by atoms with Crippen molar-refractivity contribution in [1.29, 1.82) is 0 Å². The smallest absolute Gasteiger partial charge is 0.282 e. The van der Waals surface area contributed by atoms with Crippen LogP contribution < -0.4 is 5.56 Å². The van der Waals surface area contributed by atoms with Crippen LogP contribution in [-0.2, 0) is 0 Å². The van der Waals surface area contributed by atoms with E-state index in [-0.39, 0.29) is 20.9 Å². The van der Waals surface area contributed by atoms with Gasteiger partial charge in [0.15, 0.2) is 0 Å². The van der Waals surface area contributed by atoms with Gasteiger partial charge >= 0.3 is 0 Å². The summed E-state index contributed by atoms with van der Waals surface area (Å²) in [5.74, 6) is -0.528. The van der Waals surface area contributed by atoms with Crippen LogP contribution in [0.1, 0.15) is 5.56 Å². The zero-order valence-electron chi connectivity index (χ0n) is 11.1. The van der Waals surface area contributed by atoms with Crippen molar-refractivity contribution in [3.8, 4) is 0 Å². The lowest BCUT2D eigenvalue weighted by Crippen LogP contribution is -2.18. The number of halogens is 2. The Morgan fingerprint density at radius 2 is 2.00 bits per heavy atom. The lowest BCUT2D eigenvalue weighted by Gasteiger charge is -2.03. The average molecular weight is 334 g/mol. The standard InChI is InChI=1S/C15H9ClFN3OS/c16-11-5-3-6-12(17)10(11)8-18-20-14(21)9-4-1-2-7-13(9)19-15(20)22/h1-8H,(H,19,22)/b18-8-. The van der Waals surface area contributed by atoms with E-state index in [1.807, 2.05) is 0 Å². The first-order chi connectivity index (χ1) is 10.6. The van der Waals surface area contributed by atoms with Crippen molar-refractivity contribution in [3.63, 3.8) is 0 Å². The van der Waals surface area contributed by atoms with Crippen molar-refractivity contribution < 1.29 is 4.39 Å². The van der Waals surface area contributed by atoms with E-state index < -0.39 is 5.82 Å². The number of benzene rings is 2. The summed E-state index contributed by atoms with van der Waals surface area (Å²) in [6, 6.07) is 11.2. The minimum absolute atomic E-state index is 0.0959. The summed E-state index contributed by atoms with van der Waals surface area (Å²) in [5, 5.41) is 4.61. The largest absolute Gasteiger partial charge is 0.330 e. The highest BCUT2D eigenvalue weighted by Crippen LogP contribution is 2.16. The molecule has 110 valence electrons. The number of hydrogen-bond donors (Lipinski definition) is 1. The Kier molecular flexibility index (Phi) is 3.87. The van der Waals surface area contributed by atoms with Gasteiger partial charge in [0.05, 0.1) is 22.1 Å². The fourth-order valence-electron chi connectivity index (χ4n) is 2.01. The molecule has 0 fully saturated rings. The molecule has 7 heteroatoms. The van der Waals surface area contributed by atoms with E-state index in [0.29, 0.717) is 10.9 Å². The van der Waals surface area contributed by atoms with Crippen molar-refractivity contribution in [2.75, 3.05) is 0 Å². The molecular weight excluding hydrogens is 325 g/mol. The van der Waals surface area contributed by atoms with E-state index in [0.717, 1.165) is 4.68 Å². The van der Waals surface area contributed by atoms with Gasteiger partial charge in [-0.3, -0.25) is 4.79 Å². The summed E-state index contributed by atoms with van der Waals surface area (Å²) in [6.45, 7) is 0. The van der Waals surface area contributed by atoms with Gasteiger partial charge in [0, 0.05) is 5.56 Å². The molecule has 0 atom stereocenters. The molecule has 0 saturated carbocycles. The molecule has 3 aromatic rings. The zero-order valence-corrected chi connectivity index (χ0v) is 12.7. The molecular formula is C15H9ClFN3OS. The Bertz CT molecular complexity index is 989. The van der Waals surface area contributed by atoms with Crippen molar-refractivity contribution in [3.05, 3.63) is 74.0 Å². The second kappa shape index (κ2) is 5.82. The van der Waals surface area contributed by atoms with Crippen LogP contribution in [0.5, 0.6) is 0 Å². The minimum Gasteiger partial charge on any atom is -0.330 e. The number of nitrogens with zero attached hydrogens (tertiary/aromatic N) is 2. The summed E-state index contributed by atoms with van der Waals surface area (Å²) in [6.07, 6.45) is 1.18. The first-order valence-corrected chi connectivity index (χ1v) is 7.09. The van der Waals surface area contributed by atoms with Crippen LogP contribution in [0.25, 0.3) is 10.9 Å². The maximum absolute atomic E-state index is 13.7. The highest BCUT2D eigenvalue weighted by Gasteiger charge is 2.06. The monoisotopic (exact) mass is 333 g/mol. The predicted molar refractivity (Wildman–Crippen MR) is 87.8 cm³/mol. The van der Waals surface area contributed by atoms with E-state index in [4.69, 9.17) is 23.8 Å². The summed E-state index contributed by atoms with van der Waals surface area (Å²) < 4.78 is 14.8. The first-order valence-electron chi connectivity index (χ1n) is 6.30. The number of aromatic amines is 1. The van der Waals surface area contributed by atoms with Crippen molar-refractivity contribution in [1.82, 2.24) is 9.66 Å². The average Bonchev–Trinajstić information content (AvgIpc) is 2.49. The summed E-state index contributed by atoms with van der Waals surface area (Å²) in [5.41, 5.74) is 0.328. The van der Waals surface area contributed by atoms with Crippen LogP contribution in [0.4, 0.5) is 4.39 Å². The maximum atomic E-state index is 13.7. The molecule has 22 heavy (non-hydrogen) atoms. The van der Waals surface area contributed by atoms with E-state index in [2.05, 4.69) is 10.1 Å². The molecule has 1 aromatic heterocycles. The zero-order chi connectivity index (χ0) is 15.7. The molecule has 1 N–H and O–H groups in total. The Morgan fingerprint density at radius 1 is 1.23 bits per heavy atom. The Balaban J connectivity index is 2.18. The first kappa shape index (κ1) is 14.6. The molecule has 0 unspecified atom stereocenters. The molecule has 0 amide bonds. The number of rotatable bonds is 2. The number of H-pyrrole nitrogens is 1. The number of para-hydroxylation sites is 1. The molecule has 4 nitrogen and oxygen atoms in total. The third kappa shape index (κ3) is 2.58. The number of fused-ring (bicyclic) bond motifs is 1. The van der Waals surface area contributed by atoms with Gasteiger partial charge in [0.2, 0.25) is 4.77 Å². The van der Waals surface area contributed by atoms with Crippen LogP contribution in [-0.4, -0.2) is 15.9 Å². The number of hydrogen-bond acceptors (Lipinski definition) is 3. The third-order valence-corrected chi connectivity index (χ3v) is 3.69. The topological polar surface area (TPSA) is 50.1 Å². The molecule has 0 radical (unpaired) electrons. The summed E-state index contributed by atoms with van der Waals surface area (Å²) in [7, 11) is 0. The predicted octanol–water partition coefficient (Wildman–Crippen LogP) is 3.73. The second-order valence-corrected chi connectivity index (χ2v) is 5.27. The van der Waals surface area contributed by atoms with Crippen LogP contribution in [0, 0.1) is 10.6 Å². The Hall–Kier alpha value is -2.31. The fourth-order valence-corrected chi connectivity index (χ4v) is 2.46. The van der Waals surface area contributed by atoms with Gasteiger partial charge in [0.1, 0.15) is 5.82 Å². The summed E-state index contributed by atoms with van der Waals surface area (Å²) in [4.78, 5) is 15.3. The van der Waals surface area contributed by atoms with Crippen LogP contribution in [0.15, 0.2) is 52.4 Å². The highest BCUT2D eigenvalue weighted by molar-refractivity contribution is 7.71. The SMILES string of the molecule is O=c1c2ccccc2[nH]c(=S)n1/N=C\c1c(F)cccc1Cl. The molecule has 0 aliphatic rings. The van der Waals surface area contributed by atoms with E-state index in [9.17, 15) is 9.18 Å². The van der Waals surface area contributed by atoms with Gasteiger partial charge in [0.25, 0.3) is 5.56 Å². The van der Waals surface area contributed by atoms with Gasteiger partial charge in [-0.05, 0) is 36.5 Å². The molecule has 0 saturated heterocycles. The summed E-state index contributed by atoms with van der Waals surface area (Å²) >= 11 is 11.0. The van der Waals surface area contributed by atoms with Crippen molar-refractivity contribution in [2.24, 2.45) is 5.10 Å². The van der Waals surface area contributed by atoms with Gasteiger partial charge in [-0.25, -0.2) is 4.39 Å². The van der Waals surface area contributed by atoms with E-state index in [1.54, 1.807) is 24.3 Å². The van der Waals surface area contributed by atoms with Crippen molar-refractivity contribution >= 4 is 40.9 Å². The van der Waals surface area contributed by atoms with Gasteiger partial charge in [-0.1, -0.05) is 29.8 Å². The number of aromatic nitrogens is 2. The van der Waals surface area contributed by atoms with Gasteiger partial charge < -0.3 is 4.98 Å². The fraction of sp³-hybridized carbons (Fsp3) is 0.